The first-order valence-electron chi connectivity index (χ1n) is 4.65. The molecule has 0 spiro atoms. The maximum Gasteiger partial charge on any atom is 0.246 e. The van der Waals surface area contributed by atoms with Crippen LogP contribution in [0, 0.1) is 0 Å². The van der Waals surface area contributed by atoms with Crippen LogP contribution in [0.3, 0.4) is 0 Å². The van der Waals surface area contributed by atoms with Crippen molar-refractivity contribution >= 4 is 21.8 Å². The molecule has 0 bridgehead atoms. The number of hydrogen-bond acceptors (Lipinski definition) is 4. The number of rotatable bonds is 5. The van der Waals surface area contributed by atoms with Crippen molar-refractivity contribution in [2.45, 2.75) is 17.9 Å². The molecule has 1 heterocycles. The van der Waals surface area contributed by atoms with Crippen molar-refractivity contribution in [1.29, 1.82) is 0 Å². The first-order chi connectivity index (χ1) is 7.47. The van der Waals surface area contributed by atoms with Crippen LogP contribution in [0.15, 0.2) is 28.2 Å². The fraction of sp³-hybridized carbons (Fsp3) is 0.444. The molecule has 0 fully saturated rings. The largest absolute Gasteiger partial charge is 0.366 e. The maximum atomic E-state index is 11.8. The third kappa shape index (κ3) is 3.36. The SMILES string of the molecule is CSCC(C)NS(=O)(=O)c1c[nH]ccc1=O. The average molecular weight is 262 g/mol. The van der Waals surface area contributed by atoms with E-state index in [9.17, 15) is 13.2 Å². The van der Waals surface area contributed by atoms with Gasteiger partial charge in [0.25, 0.3) is 0 Å². The van der Waals surface area contributed by atoms with Gasteiger partial charge in [-0.05, 0) is 13.2 Å². The van der Waals surface area contributed by atoms with E-state index in [1.165, 1.54) is 30.2 Å². The molecular formula is C9H14N2O3S2. The summed E-state index contributed by atoms with van der Waals surface area (Å²) in [6, 6.07) is 0.980. The molecule has 0 radical (unpaired) electrons. The standard InChI is InChI=1S/C9H14N2O3S2/c1-7(6-15-2)11-16(13,14)9-5-10-4-3-8(9)12/h3-5,7,11H,6H2,1-2H3,(H,10,12). The Labute approximate surface area is 98.7 Å². The molecule has 1 rings (SSSR count). The number of pyridine rings is 1. The average Bonchev–Trinajstić information content (AvgIpc) is 2.17. The van der Waals surface area contributed by atoms with Gasteiger partial charge in [-0.1, -0.05) is 0 Å². The first kappa shape index (κ1) is 13.3. The van der Waals surface area contributed by atoms with Gasteiger partial charge >= 0.3 is 0 Å². The molecule has 1 unspecified atom stereocenters. The predicted molar refractivity (Wildman–Crippen MR) is 65.2 cm³/mol. The molecule has 16 heavy (non-hydrogen) atoms. The Hall–Kier alpha value is -0.790. The fourth-order valence-electron chi connectivity index (χ4n) is 1.22. The van der Waals surface area contributed by atoms with Crippen LogP contribution in [-0.2, 0) is 10.0 Å². The Morgan fingerprint density at radius 1 is 1.56 bits per heavy atom. The molecule has 0 saturated heterocycles. The van der Waals surface area contributed by atoms with Gasteiger partial charge < -0.3 is 4.98 Å². The van der Waals surface area contributed by atoms with Crippen molar-refractivity contribution in [2.24, 2.45) is 0 Å². The number of nitrogens with one attached hydrogen (secondary N) is 2. The highest BCUT2D eigenvalue weighted by Crippen LogP contribution is 2.04. The van der Waals surface area contributed by atoms with E-state index in [2.05, 4.69) is 9.71 Å². The highest BCUT2D eigenvalue weighted by Gasteiger charge is 2.19. The van der Waals surface area contributed by atoms with Gasteiger partial charge in [0, 0.05) is 30.3 Å². The van der Waals surface area contributed by atoms with Crippen molar-refractivity contribution in [3.63, 3.8) is 0 Å². The van der Waals surface area contributed by atoms with Crippen molar-refractivity contribution in [3.05, 3.63) is 28.7 Å². The Kier molecular flexibility index (Phi) is 4.57. The van der Waals surface area contributed by atoms with E-state index >= 15 is 0 Å². The number of H-pyrrole nitrogens is 1. The molecule has 0 aliphatic rings. The molecule has 5 nitrogen and oxygen atoms in total. The van der Waals surface area contributed by atoms with Crippen molar-refractivity contribution in [1.82, 2.24) is 9.71 Å². The van der Waals surface area contributed by atoms with E-state index in [4.69, 9.17) is 0 Å². The van der Waals surface area contributed by atoms with Crippen LogP contribution in [0.5, 0.6) is 0 Å². The number of aromatic amines is 1. The summed E-state index contributed by atoms with van der Waals surface area (Å²) in [6.07, 6.45) is 4.48. The number of thioether (sulfide) groups is 1. The maximum absolute atomic E-state index is 11.8. The lowest BCUT2D eigenvalue weighted by Gasteiger charge is -2.12. The van der Waals surface area contributed by atoms with Gasteiger partial charge in [-0.3, -0.25) is 4.79 Å². The summed E-state index contributed by atoms with van der Waals surface area (Å²) < 4.78 is 26.0. The van der Waals surface area contributed by atoms with Gasteiger partial charge in [0.1, 0.15) is 4.90 Å². The van der Waals surface area contributed by atoms with Crippen LogP contribution >= 0.6 is 11.8 Å². The van der Waals surface area contributed by atoms with Crippen molar-refractivity contribution in [2.75, 3.05) is 12.0 Å². The van der Waals surface area contributed by atoms with E-state index < -0.39 is 15.5 Å². The van der Waals surface area contributed by atoms with Gasteiger partial charge in [0.15, 0.2) is 0 Å². The van der Waals surface area contributed by atoms with E-state index in [1.807, 2.05) is 6.26 Å². The van der Waals surface area contributed by atoms with Crippen molar-refractivity contribution in [3.8, 4) is 0 Å². The Balaban J connectivity index is 2.95. The minimum Gasteiger partial charge on any atom is -0.366 e. The molecule has 1 aromatic heterocycles. The van der Waals surface area contributed by atoms with Crippen LogP contribution in [0.1, 0.15) is 6.92 Å². The molecule has 1 aromatic rings. The summed E-state index contributed by atoms with van der Waals surface area (Å²) in [5, 5.41) is 0. The van der Waals surface area contributed by atoms with E-state index in [-0.39, 0.29) is 10.9 Å². The highest BCUT2D eigenvalue weighted by molar-refractivity contribution is 7.98. The Bertz CT molecular complexity index is 495. The molecule has 90 valence electrons. The van der Waals surface area contributed by atoms with E-state index in [1.54, 1.807) is 6.92 Å². The monoisotopic (exact) mass is 262 g/mol. The fourth-order valence-corrected chi connectivity index (χ4v) is 3.21. The molecule has 1 atom stereocenters. The smallest absolute Gasteiger partial charge is 0.246 e. The summed E-state index contributed by atoms with van der Waals surface area (Å²) in [4.78, 5) is 13.7. The topological polar surface area (TPSA) is 79.0 Å². The van der Waals surface area contributed by atoms with E-state index in [0.29, 0.717) is 5.75 Å². The zero-order valence-electron chi connectivity index (χ0n) is 9.06. The van der Waals surface area contributed by atoms with Crippen LogP contribution in [0.4, 0.5) is 0 Å². The van der Waals surface area contributed by atoms with Crippen LogP contribution in [0.25, 0.3) is 0 Å². The van der Waals surface area contributed by atoms with Gasteiger partial charge in [-0.15, -0.1) is 0 Å². The first-order valence-corrected chi connectivity index (χ1v) is 7.53. The minimum absolute atomic E-state index is 0.209. The second-order valence-corrected chi connectivity index (χ2v) is 5.94. The molecule has 2 N–H and O–H groups in total. The molecule has 7 heteroatoms. The molecular weight excluding hydrogens is 248 g/mol. The zero-order valence-corrected chi connectivity index (χ0v) is 10.7. The third-order valence-corrected chi connectivity index (χ3v) is 4.29. The summed E-state index contributed by atoms with van der Waals surface area (Å²) in [7, 11) is -3.72. The lowest BCUT2D eigenvalue weighted by atomic mass is 10.4. The quantitative estimate of drug-likeness (QED) is 0.805. The van der Waals surface area contributed by atoms with Crippen LogP contribution in [-0.4, -0.2) is 31.5 Å². The number of aromatic nitrogens is 1. The van der Waals surface area contributed by atoms with Gasteiger partial charge in [0.2, 0.25) is 15.5 Å². The normalized spacial score (nSPS) is 13.6. The molecule has 0 aromatic carbocycles. The highest BCUT2D eigenvalue weighted by atomic mass is 32.2. The molecule has 0 saturated carbocycles. The second kappa shape index (κ2) is 5.51. The minimum atomic E-state index is -3.72. The van der Waals surface area contributed by atoms with Crippen LogP contribution < -0.4 is 10.2 Å². The molecule has 0 aliphatic heterocycles. The summed E-state index contributed by atoms with van der Waals surface area (Å²) in [5.74, 6) is 0.657. The van der Waals surface area contributed by atoms with Crippen LogP contribution in [0.2, 0.25) is 0 Å². The van der Waals surface area contributed by atoms with Gasteiger partial charge in [-0.2, -0.15) is 11.8 Å². The summed E-state index contributed by atoms with van der Waals surface area (Å²) in [6.45, 7) is 1.76. The molecule has 0 aliphatic carbocycles. The third-order valence-electron chi connectivity index (χ3n) is 1.85. The predicted octanol–water partition coefficient (Wildman–Crippen LogP) is 0.405. The molecule has 0 amide bonds. The number of sulfonamides is 1. The summed E-state index contributed by atoms with van der Waals surface area (Å²) in [5.41, 5.74) is -0.511. The second-order valence-electron chi connectivity index (χ2n) is 3.35. The summed E-state index contributed by atoms with van der Waals surface area (Å²) >= 11 is 1.54. The lowest BCUT2D eigenvalue weighted by Crippen LogP contribution is -2.36. The lowest BCUT2D eigenvalue weighted by molar-refractivity contribution is 0.570. The van der Waals surface area contributed by atoms with Gasteiger partial charge in [0.05, 0.1) is 0 Å². The van der Waals surface area contributed by atoms with E-state index in [0.717, 1.165) is 0 Å². The Morgan fingerprint density at radius 2 is 2.25 bits per heavy atom. The number of hydrogen-bond donors (Lipinski definition) is 2. The Morgan fingerprint density at radius 3 is 2.81 bits per heavy atom. The van der Waals surface area contributed by atoms with Gasteiger partial charge in [-0.25, -0.2) is 13.1 Å². The van der Waals surface area contributed by atoms with Crippen molar-refractivity contribution < 1.29 is 8.42 Å². The zero-order chi connectivity index (χ0) is 12.2.